The lowest BCUT2D eigenvalue weighted by molar-refractivity contribution is 0.0263. The zero-order valence-electron chi connectivity index (χ0n) is 13.3. The zero-order valence-corrected chi connectivity index (χ0v) is 14.9. The number of carbonyl (C=O) groups excluding carboxylic acids is 1. The van der Waals surface area contributed by atoms with E-state index in [9.17, 15) is 4.79 Å². The molecule has 0 unspecified atom stereocenters. The third-order valence-corrected chi connectivity index (χ3v) is 3.87. The third kappa shape index (κ3) is 4.50. The quantitative estimate of drug-likeness (QED) is 0.822. The lowest BCUT2D eigenvalue weighted by Gasteiger charge is -2.26. The molecule has 1 aliphatic rings. The van der Waals surface area contributed by atoms with E-state index in [1.165, 1.54) is 0 Å². The number of hydrogen-bond donors (Lipinski definition) is 1. The van der Waals surface area contributed by atoms with Gasteiger partial charge in [0.25, 0.3) is 0 Å². The van der Waals surface area contributed by atoms with Crippen LogP contribution in [0.25, 0.3) is 0 Å². The van der Waals surface area contributed by atoms with E-state index in [1.807, 2.05) is 26.8 Å². The molecule has 6 nitrogen and oxygen atoms in total. The number of rotatable bonds is 1. The Morgan fingerprint density at radius 1 is 1.32 bits per heavy atom. The van der Waals surface area contributed by atoms with Crippen molar-refractivity contribution in [2.24, 2.45) is 0 Å². The number of nitrogens with zero attached hydrogens (tertiary/aromatic N) is 3. The van der Waals surface area contributed by atoms with Gasteiger partial charge in [0.1, 0.15) is 11.4 Å². The van der Waals surface area contributed by atoms with Crippen molar-refractivity contribution >= 4 is 33.5 Å². The number of carbonyl (C=O) groups is 1. The van der Waals surface area contributed by atoms with Crippen LogP contribution >= 0.6 is 15.9 Å². The number of amides is 1. The van der Waals surface area contributed by atoms with Gasteiger partial charge in [0.15, 0.2) is 0 Å². The van der Waals surface area contributed by atoms with Crippen LogP contribution in [0.2, 0.25) is 0 Å². The highest BCUT2D eigenvalue weighted by Crippen LogP contribution is 2.26. The predicted molar refractivity (Wildman–Crippen MR) is 91.0 cm³/mol. The summed E-state index contributed by atoms with van der Waals surface area (Å²) in [7, 11) is 0. The van der Waals surface area contributed by atoms with Crippen LogP contribution < -0.4 is 10.6 Å². The summed E-state index contributed by atoms with van der Waals surface area (Å²) >= 11 is 3.50. The minimum atomic E-state index is -0.468. The van der Waals surface area contributed by atoms with E-state index >= 15 is 0 Å². The average molecular weight is 371 g/mol. The predicted octanol–water partition coefficient (Wildman–Crippen LogP) is 2.87. The van der Waals surface area contributed by atoms with Gasteiger partial charge < -0.3 is 20.3 Å². The van der Waals surface area contributed by atoms with Crippen LogP contribution in [-0.2, 0) is 4.74 Å². The van der Waals surface area contributed by atoms with Crippen LogP contribution in [0.15, 0.2) is 16.7 Å². The lowest BCUT2D eigenvalue weighted by atomic mass is 10.2. The monoisotopic (exact) mass is 370 g/mol. The van der Waals surface area contributed by atoms with E-state index < -0.39 is 5.60 Å². The number of anilines is 2. The van der Waals surface area contributed by atoms with E-state index in [-0.39, 0.29) is 6.09 Å². The van der Waals surface area contributed by atoms with Crippen LogP contribution in [0, 0.1) is 0 Å². The maximum atomic E-state index is 12.2. The van der Waals surface area contributed by atoms with Crippen molar-refractivity contribution in [2.45, 2.75) is 32.8 Å². The van der Waals surface area contributed by atoms with Gasteiger partial charge in [0, 0.05) is 26.2 Å². The summed E-state index contributed by atoms with van der Waals surface area (Å²) in [6, 6.07) is 1.85. The van der Waals surface area contributed by atoms with Gasteiger partial charge in [0.05, 0.1) is 16.4 Å². The smallest absolute Gasteiger partial charge is 0.410 e. The van der Waals surface area contributed by atoms with Gasteiger partial charge in [0.2, 0.25) is 0 Å². The van der Waals surface area contributed by atoms with Crippen LogP contribution in [0.3, 0.4) is 0 Å². The molecular weight excluding hydrogens is 348 g/mol. The first kappa shape index (κ1) is 16.9. The Bertz CT molecular complexity index is 545. The van der Waals surface area contributed by atoms with E-state index in [0.717, 1.165) is 29.8 Å². The van der Waals surface area contributed by atoms with E-state index in [0.29, 0.717) is 18.8 Å². The van der Waals surface area contributed by atoms with Gasteiger partial charge in [-0.2, -0.15) is 0 Å². The summed E-state index contributed by atoms with van der Waals surface area (Å²) in [5.41, 5.74) is 5.89. The highest BCUT2D eigenvalue weighted by atomic mass is 79.9. The third-order valence-electron chi connectivity index (χ3n) is 3.29. The maximum Gasteiger partial charge on any atom is 0.410 e. The van der Waals surface area contributed by atoms with Crippen molar-refractivity contribution in [2.75, 3.05) is 36.8 Å². The first-order valence-electron chi connectivity index (χ1n) is 7.40. The van der Waals surface area contributed by atoms with Crippen molar-refractivity contribution in [3.63, 3.8) is 0 Å². The fourth-order valence-electron chi connectivity index (χ4n) is 2.32. The minimum Gasteiger partial charge on any atom is -0.444 e. The molecule has 1 aromatic rings. The van der Waals surface area contributed by atoms with Crippen molar-refractivity contribution in [3.05, 3.63) is 16.7 Å². The Balaban J connectivity index is 2.02. The Labute approximate surface area is 139 Å². The van der Waals surface area contributed by atoms with Gasteiger partial charge in [-0.05, 0) is 49.2 Å². The summed E-state index contributed by atoms with van der Waals surface area (Å²) in [6.45, 7) is 8.51. The second-order valence-electron chi connectivity index (χ2n) is 6.38. The Morgan fingerprint density at radius 2 is 2.05 bits per heavy atom. The van der Waals surface area contributed by atoms with Gasteiger partial charge in [-0.25, -0.2) is 9.78 Å². The number of nitrogens with two attached hydrogens (primary N) is 1. The number of halogens is 1. The fourth-order valence-corrected chi connectivity index (χ4v) is 2.93. The molecular formula is C15H23BrN4O2. The van der Waals surface area contributed by atoms with Crippen LogP contribution in [0.4, 0.5) is 16.3 Å². The van der Waals surface area contributed by atoms with Crippen molar-refractivity contribution in [3.8, 4) is 0 Å². The molecule has 0 spiro atoms. The Hall–Kier alpha value is -1.50. The van der Waals surface area contributed by atoms with Crippen molar-refractivity contribution in [1.82, 2.24) is 9.88 Å². The topological polar surface area (TPSA) is 71.7 Å². The normalized spacial score (nSPS) is 16.4. The second-order valence-corrected chi connectivity index (χ2v) is 7.24. The molecule has 0 bridgehead atoms. The molecule has 1 fully saturated rings. The van der Waals surface area contributed by atoms with E-state index in [1.54, 1.807) is 11.1 Å². The number of hydrogen-bond acceptors (Lipinski definition) is 5. The molecule has 0 aliphatic carbocycles. The summed E-state index contributed by atoms with van der Waals surface area (Å²) in [6.07, 6.45) is 2.27. The van der Waals surface area contributed by atoms with Gasteiger partial charge >= 0.3 is 6.09 Å². The highest BCUT2D eigenvalue weighted by molar-refractivity contribution is 9.10. The minimum absolute atomic E-state index is 0.251. The molecule has 2 heterocycles. The number of aromatic nitrogens is 1. The maximum absolute atomic E-state index is 12.2. The molecule has 1 saturated heterocycles. The summed E-state index contributed by atoms with van der Waals surface area (Å²) in [5, 5.41) is 0. The fraction of sp³-hybridized carbons (Fsp3) is 0.600. The number of ether oxygens (including phenoxy) is 1. The largest absolute Gasteiger partial charge is 0.444 e. The molecule has 1 amide bonds. The first-order chi connectivity index (χ1) is 10.3. The van der Waals surface area contributed by atoms with Crippen LogP contribution in [-0.4, -0.2) is 47.8 Å². The second kappa shape index (κ2) is 6.73. The van der Waals surface area contributed by atoms with Gasteiger partial charge in [-0.1, -0.05) is 0 Å². The van der Waals surface area contributed by atoms with Crippen LogP contribution in [0.1, 0.15) is 27.2 Å². The SMILES string of the molecule is CC(C)(C)OC(=O)N1CCCN(c2ncc(N)cc2Br)CC1. The molecule has 122 valence electrons. The van der Waals surface area contributed by atoms with Crippen LogP contribution in [0.5, 0.6) is 0 Å². The summed E-state index contributed by atoms with van der Waals surface area (Å²) < 4.78 is 6.31. The number of nitrogen functional groups attached to an aromatic ring is 1. The molecule has 0 atom stereocenters. The molecule has 0 radical (unpaired) electrons. The highest BCUT2D eigenvalue weighted by Gasteiger charge is 2.25. The lowest BCUT2D eigenvalue weighted by Crippen LogP contribution is -2.39. The molecule has 7 heteroatoms. The standard InChI is InChI=1S/C15H23BrN4O2/c1-15(2,3)22-14(21)20-6-4-5-19(7-8-20)13-12(16)9-11(17)10-18-13/h9-10H,4-8,17H2,1-3H3. The zero-order chi connectivity index (χ0) is 16.3. The van der Waals surface area contributed by atoms with E-state index in [2.05, 4.69) is 25.8 Å². The van der Waals surface area contributed by atoms with Crippen molar-refractivity contribution < 1.29 is 9.53 Å². The Morgan fingerprint density at radius 3 is 2.68 bits per heavy atom. The molecule has 22 heavy (non-hydrogen) atoms. The van der Waals surface area contributed by atoms with Gasteiger partial charge in [-0.3, -0.25) is 0 Å². The molecule has 1 aliphatic heterocycles. The molecule has 0 saturated carbocycles. The average Bonchev–Trinajstić information content (AvgIpc) is 2.62. The summed E-state index contributed by atoms with van der Waals surface area (Å²) in [5.74, 6) is 0.861. The molecule has 2 rings (SSSR count). The van der Waals surface area contributed by atoms with Gasteiger partial charge in [-0.15, -0.1) is 0 Å². The van der Waals surface area contributed by atoms with Crippen molar-refractivity contribution in [1.29, 1.82) is 0 Å². The molecule has 1 aromatic heterocycles. The molecule has 2 N–H and O–H groups in total. The summed E-state index contributed by atoms with van der Waals surface area (Å²) in [4.78, 5) is 20.5. The molecule has 0 aromatic carbocycles. The Kier molecular flexibility index (Phi) is 5.16. The van der Waals surface area contributed by atoms with E-state index in [4.69, 9.17) is 10.5 Å². The number of pyridine rings is 1. The first-order valence-corrected chi connectivity index (χ1v) is 8.19.